The van der Waals surface area contributed by atoms with Crippen molar-refractivity contribution in [3.63, 3.8) is 0 Å². The van der Waals surface area contributed by atoms with Crippen molar-refractivity contribution in [2.75, 3.05) is 5.32 Å². The van der Waals surface area contributed by atoms with Gasteiger partial charge in [-0.2, -0.15) is 0 Å². The van der Waals surface area contributed by atoms with Gasteiger partial charge in [0.2, 0.25) is 0 Å². The van der Waals surface area contributed by atoms with Crippen molar-refractivity contribution in [2.45, 2.75) is 13.3 Å². The molecule has 0 atom stereocenters. The molecule has 0 aliphatic carbocycles. The highest BCUT2D eigenvalue weighted by atomic mass is 32.1. The first kappa shape index (κ1) is 15.5. The lowest BCUT2D eigenvalue weighted by atomic mass is 10.1. The minimum atomic E-state index is -0.152. The minimum absolute atomic E-state index is 0.152. The summed E-state index contributed by atoms with van der Waals surface area (Å²) in [4.78, 5) is 16.9. The molecule has 2 heterocycles. The number of benzene rings is 2. The maximum Gasteiger partial charge on any atom is 0.257 e. The molecule has 2 aromatic carbocycles. The summed E-state index contributed by atoms with van der Waals surface area (Å²) >= 11 is 1.44. The third-order valence-corrected chi connectivity index (χ3v) is 4.87. The molecule has 25 heavy (non-hydrogen) atoms. The Bertz CT molecular complexity index is 1020. The van der Waals surface area contributed by atoms with E-state index in [9.17, 15) is 4.79 Å². The second-order valence-corrected chi connectivity index (χ2v) is 6.58. The number of rotatable bonds is 4. The molecule has 1 amide bonds. The van der Waals surface area contributed by atoms with Crippen molar-refractivity contribution in [2.24, 2.45) is 0 Å². The number of carbonyl (C=O) groups is 1. The van der Waals surface area contributed by atoms with Crippen LogP contribution in [0.3, 0.4) is 0 Å². The number of fused-ring (bicyclic) bond motifs is 1. The number of anilines is 1. The van der Waals surface area contributed by atoms with Crippen LogP contribution in [0.4, 0.5) is 5.13 Å². The van der Waals surface area contributed by atoms with Gasteiger partial charge >= 0.3 is 0 Å². The van der Waals surface area contributed by atoms with Crippen LogP contribution in [0.15, 0.2) is 55.1 Å². The summed E-state index contributed by atoms with van der Waals surface area (Å²) < 4.78 is 2.81. The van der Waals surface area contributed by atoms with Crippen LogP contribution in [-0.2, 0) is 6.42 Å². The van der Waals surface area contributed by atoms with Crippen molar-refractivity contribution in [1.82, 2.24) is 19.7 Å². The van der Waals surface area contributed by atoms with Gasteiger partial charge in [-0.05, 0) is 42.3 Å². The van der Waals surface area contributed by atoms with E-state index >= 15 is 0 Å². The maximum atomic E-state index is 12.4. The van der Waals surface area contributed by atoms with Gasteiger partial charge in [-0.15, -0.1) is 10.2 Å². The largest absolute Gasteiger partial charge is 0.298 e. The molecular formula is C18H15N5OS. The zero-order chi connectivity index (χ0) is 17.2. The minimum Gasteiger partial charge on any atom is -0.298 e. The van der Waals surface area contributed by atoms with Crippen LogP contribution in [-0.4, -0.2) is 25.7 Å². The molecule has 6 nitrogen and oxygen atoms in total. The third kappa shape index (κ3) is 3.14. The Morgan fingerprint density at radius 1 is 1.12 bits per heavy atom. The van der Waals surface area contributed by atoms with Gasteiger partial charge in [-0.1, -0.05) is 30.4 Å². The highest BCUT2D eigenvalue weighted by Gasteiger charge is 2.10. The zero-order valence-electron chi connectivity index (χ0n) is 13.5. The number of nitrogens with zero attached hydrogens (tertiary/aromatic N) is 4. The van der Waals surface area contributed by atoms with Crippen LogP contribution in [0.2, 0.25) is 0 Å². The second kappa shape index (κ2) is 6.45. The molecular weight excluding hydrogens is 334 g/mol. The van der Waals surface area contributed by atoms with Crippen molar-refractivity contribution in [1.29, 1.82) is 0 Å². The second-order valence-electron chi connectivity index (χ2n) is 5.54. The van der Waals surface area contributed by atoms with E-state index in [0.29, 0.717) is 10.7 Å². The highest BCUT2D eigenvalue weighted by Crippen LogP contribution is 2.28. The maximum absolute atomic E-state index is 12.4. The van der Waals surface area contributed by atoms with E-state index in [1.165, 1.54) is 16.9 Å². The van der Waals surface area contributed by atoms with Crippen LogP contribution in [0.1, 0.15) is 22.8 Å². The Morgan fingerprint density at radius 3 is 2.60 bits per heavy atom. The van der Waals surface area contributed by atoms with E-state index in [1.807, 2.05) is 47.0 Å². The Labute approximate surface area is 148 Å². The van der Waals surface area contributed by atoms with Gasteiger partial charge in [0.1, 0.15) is 12.7 Å². The lowest BCUT2D eigenvalue weighted by Gasteiger charge is -2.02. The molecule has 1 N–H and O–H groups in total. The molecule has 4 rings (SSSR count). The van der Waals surface area contributed by atoms with Crippen LogP contribution >= 0.6 is 11.3 Å². The lowest BCUT2D eigenvalue weighted by Crippen LogP contribution is -2.11. The highest BCUT2D eigenvalue weighted by molar-refractivity contribution is 7.22. The number of aryl methyl sites for hydroxylation is 1. The summed E-state index contributed by atoms with van der Waals surface area (Å²) in [6, 6.07) is 13.5. The average Bonchev–Trinajstić information content (AvgIpc) is 3.30. The van der Waals surface area contributed by atoms with Crippen LogP contribution < -0.4 is 5.32 Å². The van der Waals surface area contributed by atoms with E-state index in [4.69, 9.17) is 0 Å². The van der Waals surface area contributed by atoms with Crippen LogP contribution in [0, 0.1) is 0 Å². The third-order valence-electron chi connectivity index (χ3n) is 3.93. The summed E-state index contributed by atoms with van der Waals surface area (Å²) in [7, 11) is 0. The van der Waals surface area contributed by atoms with Gasteiger partial charge in [-0.25, -0.2) is 4.98 Å². The molecule has 0 spiro atoms. The van der Waals surface area contributed by atoms with Crippen LogP contribution in [0.5, 0.6) is 0 Å². The number of hydrogen-bond donors (Lipinski definition) is 1. The molecule has 0 fully saturated rings. The summed E-state index contributed by atoms with van der Waals surface area (Å²) in [6.07, 6.45) is 4.24. The standard InChI is InChI=1S/C18H15N5OS/c1-2-12-3-5-13(6-4-12)17(24)22-18-21-15-8-7-14(9-16(15)25-18)23-10-19-20-11-23/h3-11H,2H2,1H3,(H,21,22,24). The Balaban J connectivity index is 1.57. The number of carbonyl (C=O) groups excluding carboxylic acids is 1. The van der Waals surface area contributed by atoms with E-state index < -0.39 is 0 Å². The number of hydrogen-bond acceptors (Lipinski definition) is 5. The first-order valence-electron chi connectivity index (χ1n) is 7.89. The van der Waals surface area contributed by atoms with E-state index in [2.05, 4.69) is 27.4 Å². The first-order chi connectivity index (χ1) is 12.2. The number of amides is 1. The Kier molecular flexibility index (Phi) is 3.99. The number of aromatic nitrogens is 4. The quantitative estimate of drug-likeness (QED) is 0.610. The van der Waals surface area contributed by atoms with E-state index in [0.717, 1.165) is 22.3 Å². The van der Waals surface area contributed by atoms with Crippen molar-refractivity contribution in [3.05, 3.63) is 66.2 Å². The molecule has 0 bridgehead atoms. The normalized spacial score (nSPS) is 10.9. The predicted molar refractivity (Wildman–Crippen MR) is 98.3 cm³/mol. The Morgan fingerprint density at radius 2 is 1.88 bits per heavy atom. The van der Waals surface area contributed by atoms with E-state index in [-0.39, 0.29) is 5.91 Å². The topological polar surface area (TPSA) is 72.7 Å². The monoisotopic (exact) mass is 349 g/mol. The first-order valence-corrected chi connectivity index (χ1v) is 8.70. The lowest BCUT2D eigenvalue weighted by molar-refractivity contribution is 0.102. The molecule has 0 unspecified atom stereocenters. The number of thiazole rings is 1. The molecule has 0 radical (unpaired) electrons. The number of nitrogens with one attached hydrogen (secondary N) is 1. The SMILES string of the molecule is CCc1ccc(C(=O)Nc2nc3ccc(-n4cnnc4)cc3s2)cc1. The average molecular weight is 349 g/mol. The molecule has 7 heteroatoms. The molecule has 0 aliphatic heterocycles. The molecule has 2 aromatic heterocycles. The van der Waals surface area contributed by atoms with Gasteiger partial charge in [0, 0.05) is 11.3 Å². The molecule has 0 aliphatic rings. The summed E-state index contributed by atoms with van der Waals surface area (Å²) in [5.41, 5.74) is 3.63. The van der Waals surface area contributed by atoms with Crippen molar-refractivity contribution < 1.29 is 4.79 Å². The molecule has 0 saturated carbocycles. The molecule has 0 saturated heterocycles. The van der Waals surface area contributed by atoms with Crippen molar-refractivity contribution in [3.8, 4) is 5.69 Å². The fraction of sp³-hybridized carbons (Fsp3) is 0.111. The van der Waals surface area contributed by atoms with E-state index in [1.54, 1.807) is 12.7 Å². The summed E-state index contributed by atoms with van der Waals surface area (Å²) in [5, 5.41) is 11.1. The summed E-state index contributed by atoms with van der Waals surface area (Å²) in [6.45, 7) is 2.09. The smallest absolute Gasteiger partial charge is 0.257 e. The Hall–Kier alpha value is -3.06. The van der Waals surface area contributed by atoms with Gasteiger partial charge < -0.3 is 0 Å². The van der Waals surface area contributed by atoms with Crippen LogP contribution in [0.25, 0.3) is 15.9 Å². The van der Waals surface area contributed by atoms with Gasteiger partial charge in [-0.3, -0.25) is 14.7 Å². The molecule has 124 valence electrons. The zero-order valence-corrected chi connectivity index (χ0v) is 14.3. The summed E-state index contributed by atoms with van der Waals surface area (Å²) in [5.74, 6) is -0.152. The van der Waals surface area contributed by atoms with Gasteiger partial charge in [0.25, 0.3) is 5.91 Å². The fourth-order valence-electron chi connectivity index (χ4n) is 2.52. The predicted octanol–water partition coefficient (Wildman–Crippen LogP) is 3.69. The van der Waals surface area contributed by atoms with Crippen molar-refractivity contribution >= 4 is 32.6 Å². The van der Waals surface area contributed by atoms with Gasteiger partial charge in [0.15, 0.2) is 5.13 Å². The van der Waals surface area contributed by atoms with Gasteiger partial charge in [0.05, 0.1) is 10.2 Å². The fourth-order valence-corrected chi connectivity index (χ4v) is 3.42. The molecule has 4 aromatic rings.